The molecule has 0 heterocycles. The van der Waals surface area contributed by atoms with Gasteiger partial charge in [-0.05, 0) is 28.8 Å². The molecule has 0 saturated carbocycles. The van der Waals surface area contributed by atoms with Gasteiger partial charge in [0.1, 0.15) is 11.9 Å². The average Bonchev–Trinajstić information content (AvgIpc) is 2.90. The van der Waals surface area contributed by atoms with Crippen LogP contribution in [-0.2, 0) is 37.4 Å². The van der Waals surface area contributed by atoms with Crippen LogP contribution in [0, 0.1) is 5.82 Å². The maximum absolute atomic E-state index is 13.9. The summed E-state index contributed by atoms with van der Waals surface area (Å²) in [5.41, 5.74) is 1.85. The van der Waals surface area contributed by atoms with Crippen LogP contribution in [0.15, 0.2) is 84.9 Å². The van der Waals surface area contributed by atoms with Crippen LogP contribution in [0.1, 0.15) is 22.7 Å². The third-order valence-corrected chi connectivity index (χ3v) is 7.05. The first kappa shape index (κ1) is 29.0. The molecular weight excluding hydrogens is 509 g/mol. The van der Waals surface area contributed by atoms with Crippen LogP contribution >= 0.6 is 0 Å². The summed E-state index contributed by atoms with van der Waals surface area (Å²) in [7, 11) is -2.27. The monoisotopic (exact) mass is 541 g/mol. The lowest BCUT2D eigenvalue weighted by molar-refractivity contribution is -0.141. The van der Waals surface area contributed by atoms with Crippen molar-refractivity contribution in [2.24, 2.45) is 0 Å². The molecule has 0 radical (unpaired) electrons. The lowest BCUT2D eigenvalue weighted by Crippen LogP contribution is -2.48. The van der Waals surface area contributed by atoms with Crippen molar-refractivity contribution in [2.75, 3.05) is 33.1 Å². The first-order chi connectivity index (χ1) is 18.2. The molecule has 0 aliphatic carbocycles. The van der Waals surface area contributed by atoms with E-state index in [2.05, 4.69) is 5.32 Å². The SMILES string of the molecule is COCCNC(=O)[C@H](c1ccccc1)N(Cc1ccc(F)cc1)C(=O)CN(Cc1ccccc1)S(C)(=O)=O. The minimum atomic E-state index is -3.78. The van der Waals surface area contributed by atoms with Crippen molar-refractivity contribution in [3.8, 4) is 0 Å². The van der Waals surface area contributed by atoms with E-state index in [1.807, 2.05) is 6.07 Å². The van der Waals surface area contributed by atoms with E-state index >= 15 is 0 Å². The Labute approximate surface area is 223 Å². The largest absolute Gasteiger partial charge is 0.383 e. The Morgan fingerprint density at radius 3 is 2.05 bits per heavy atom. The second kappa shape index (κ2) is 13.8. The topological polar surface area (TPSA) is 96.0 Å². The van der Waals surface area contributed by atoms with E-state index in [-0.39, 0.29) is 26.2 Å². The Morgan fingerprint density at radius 2 is 1.47 bits per heavy atom. The predicted octanol–water partition coefficient (Wildman–Crippen LogP) is 3.12. The zero-order valence-electron chi connectivity index (χ0n) is 21.4. The summed E-state index contributed by atoms with van der Waals surface area (Å²) in [4.78, 5) is 28.6. The number of benzene rings is 3. The van der Waals surface area contributed by atoms with Gasteiger partial charge < -0.3 is 15.0 Å². The van der Waals surface area contributed by atoms with Gasteiger partial charge in [0.05, 0.1) is 19.4 Å². The summed E-state index contributed by atoms with van der Waals surface area (Å²) in [6.07, 6.45) is 1.04. The van der Waals surface area contributed by atoms with Crippen LogP contribution < -0.4 is 5.32 Å². The van der Waals surface area contributed by atoms with Crippen molar-refractivity contribution in [1.29, 1.82) is 0 Å². The molecule has 0 bridgehead atoms. The number of amides is 2. The Morgan fingerprint density at radius 1 is 0.895 bits per heavy atom. The number of halogens is 1. The van der Waals surface area contributed by atoms with E-state index < -0.39 is 40.2 Å². The summed E-state index contributed by atoms with van der Waals surface area (Å²) >= 11 is 0. The Hall–Kier alpha value is -3.60. The first-order valence-electron chi connectivity index (χ1n) is 12.0. The number of hydrogen-bond donors (Lipinski definition) is 1. The third-order valence-electron chi connectivity index (χ3n) is 5.85. The van der Waals surface area contributed by atoms with Gasteiger partial charge in [-0.25, -0.2) is 12.8 Å². The lowest BCUT2D eigenvalue weighted by atomic mass is 10.0. The number of nitrogens with zero attached hydrogens (tertiary/aromatic N) is 2. The summed E-state index contributed by atoms with van der Waals surface area (Å²) in [6.45, 7) is -0.0342. The van der Waals surface area contributed by atoms with Crippen LogP contribution in [-0.4, -0.2) is 62.5 Å². The number of nitrogens with one attached hydrogen (secondary N) is 1. The number of ether oxygens (including phenoxy) is 1. The molecule has 202 valence electrons. The normalized spacial score (nSPS) is 12.2. The quantitative estimate of drug-likeness (QED) is 0.336. The predicted molar refractivity (Wildman–Crippen MR) is 143 cm³/mol. The lowest BCUT2D eigenvalue weighted by Gasteiger charge is -2.33. The number of rotatable bonds is 13. The molecular formula is C28H32FN3O5S. The molecule has 3 aromatic carbocycles. The summed E-state index contributed by atoms with van der Waals surface area (Å²) < 4.78 is 45.0. The molecule has 2 amide bonds. The molecule has 3 rings (SSSR count). The molecule has 3 aromatic rings. The molecule has 0 saturated heterocycles. The molecule has 8 nitrogen and oxygen atoms in total. The minimum absolute atomic E-state index is 0.00809. The van der Waals surface area contributed by atoms with Gasteiger partial charge >= 0.3 is 0 Å². The van der Waals surface area contributed by atoms with Gasteiger partial charge in [-0.1, -0.05) is 72.8 Å². The van der Waals surface area contributed by atoms with E-state index in [0.717, 1.165) is 10.6 Å². The molecule has 0 fully saturated rings. The molecule has 0 aromatic heterocycles. The highest BCUT2D eigenvalue weighted by molar-refractivity contribution is 7.88. The Bertz CT molecular complexity index is 1290. The highest BCUT2D eigenvalue weighted by Gasteiger charge is 2.33. The van der Waals surface area contributed by atoms with Crippen molar-refractivity contribution >= 4 is 21.8 Å². The zero-order chi connectivity index (χ0) is 27.5. The van der Waals surface area contributed by atoms with E-state index in [0.29, 0.717) is 16.7 Å². The van der Waals surface area contributed by atoms with Gasteiger partial charge in [-0.3, -0.25) is 9.59 Å². The Balaban J connectivity index is 1.99. The molecule has 10 heteroatoms. The summed E-state index contributed by atoms with van der Waals surface area (Å²) in [6, 6.07) is 22.2. The van der Waals surface area contributed by atoms with Gasteiger partial charge in [0.2, 0.25) is 21.8 Å². The second-order valence-corrected chi connectivity index (χ2v) is 10.7. The fourth-order valence-electron chi connectivity index (χ4n) is 3.91. The summed E-state index contributed by atoms with van der Waals surface area (Å²) in [5.74, 6) is -1.46. The van der Waals surface area contributed by atoms with Gasteiger partial charge in [-0.2, -0.15) is 4.31 Å². The van der Waals surface area contributed by atoms with Crippen LogP contribution in [0.5, 0.6) is 0 Å². The van der Waals surface area contributed by atoms with E-state index in [1.165, 1.54) is 36.3 Å². The second-order valence-electron chi connectivity index (χ2n) is 8.76. The molecule has 0 spiro atoms. The smallest absolute Gasteiger partial charge is 0.247 e. The van der Waals surface area contributed by atoms with Crippen molar-refractivity contribution < 1.29 is 27.1 Å². The maximum atomic E-state index is 13.9. The number of methoxy groups -OCH3 is 1. The fraction of sp³-hybridized carbons (Fsp3) is 0.286. The summed E-state index contributed by atoms with van der Waals surface area (Å²) in [5, 5.41) is 2.79. The number of hydrogen-bond acceptors (Lipinski definition) is 5. The van der Waals surface area contributed by atoms with Crippen LogP contribution in [0.4, 0.5) is 4.39 Å². The molecule has 38 heavy (non-hydrogen) atoms. The molecule has 0 unspecified atom stereocenters. The molecule has 1 atom stereocenters. The average molecular weight is 542 g/mol. The highest BCUT2D eigenvalue weighted by atomic mass is 32.2. The van der Waals surface area contributed by atoms with Crippen LogP contribution in [0.2, 0.25) is 0 Å². The standard InChI is InChI=1S/C28H32FN3O5S/c1-37-18-17-30-28(34)27(24-11-7-4-8-12-24)32(20-23-13-15-25(29)16-14-23)26(33)21-31(38(2,35)36)19-22-9-5-3-6-10-22/h3-16,27H,17-21H2,1-2H3,(H,30,34)/t27-/m0/s1. The Kier molecular flexibility index (Phi) is 10.5. The van der Waals surface area contributed by atoms with Crippen molar-refractivity contribution in [3.05, 3.63) is 107 Å². The van der Waals surface area contributed by atoms with Gasteiger partial charge in [0, 0.05) is 26.7 Å². The first-order valence-corrected chi connectivity index (χ1v) is 13.9. The minimum Gasteiger partial charge on any atom is -0.383 e. The van der Waals surface area contributed by atoms with E-state index in [9.17, 15) is 22.4 Å². The van der Waals surface area contributed by atoms with Gasteiger partial charge in [0.15, 0.2) is 0 Å². The van der Waals surface area contributed by atoms with E-state index in [4.69, 9.17) is 4.74 Å². The van der Waals surface area contributed by atoms with Crippen molar-refractivity contribution in [3.63, 3.8) is 0 Å². The fourth-order valence-corrected chi connectivity index (χ4v) is 4.64. The molecule has 0 aliphatic heterocycles. The van der Waals surface area contributed by atoms with E-state index in [1.54, 1.807) is 54.6 Å². The van der Waals surface area contributed by atoms with Gasteiger partial charge in [-0.15, -0.1) is 0 Å². The number of sulfonamides is 1. The van der Waals surface area contributed by atoms with Gasteiger partial charge in [0.25, 0.3) is 0 Å². The van der Waals surface area contributed by atoms with Crippen LogP contribution in [0.25, 0.3) is 0 Å². The molecule has 0 aliphatic rings. The van der Waals surface area contributed by atoms with Crippen LogP contribution in [0.3, 0.4) is 0 Å². The maximum Gasteiger partial charge on any atom is 0.247 e. The zero-order valence-corrected chi connectivity index (χ0v) is 22.2. The third kappa shape index (κ3) is 8.47. The highest BCUT2D eigenvalue weighted by Crippen LogP contribution is 2.25. The molecule has 1 N–H and O–H groups in total. The van der Waals surface area contributed by atoms with Crippen molar-refractivity contribution in [1.82, 2.24) is 14.5 Å². The number of carbonyl (C=O) groups is 2. The number of carbonyl (C=O) groups excluding carboxylic acids is 2. The van der Waals surface area contributed by atoms with Crippen molar-refractivity contribution in [2.45, 2.75) is 19.1 Å².